The fourth-order valence-corrected chi connectivity index (χ4v) is 8.94. The third kappa shape index (κ3) is 2.90. The SMILES string of the molecule is CC(=O)OCc1cc2c(ccc3sc4ccc5sc6ccc7sc(CO)cc7c6c5c4c32)s1. The van der Waals surface area contributed by atoms with E-state index in [1.165, 1.54) is 67.4 Å². The second-order valence-electron chi connectivity index (χ2n) is 8.08. The van der Waals surface area contributed by atoms with E-state index in [2.05, 4.69) is 48.5 Å². The number of benzene rings is 3. The summed E-state index contributed by atoms with van der Waals surface area (Å²) in [6.45, 7) is 1.83. The summed E-state index contributed by atoms with van der Waals surface area (Å²) in [5.41, 5.74) is 0. The van der Waals surface area contributed by atoms with E-state index in [9.17, 15) is 9.90 Å². The van der Waals surface area contributed by atoms with E-state index >= 15 is 0 Å². The van der Waals surface area contributed by atoms with Crippen molar-refractivity contribution in [2.24, 2.45) is 0 Å². The summed E-state index contributed by atoms with van der Waals surface area (Å²) in [6, 6.07) is 17.6. The maximum Gasteiger partial charge on any atom is 0.302 e. The van der Waals surface area contributed by atoms with Crippen molar-refractivity contribution in [1.29, 1.82) is 0 Å². The van der Waals surface area contributed by atoms with E-state index in [0.29, 0.717) is 6.61 Å². The third-order valence-corrected chi connectivity index (χ3v) is 10.5. The lowest BCUT2D eigenvalue weighted by Gasteiger charge is -2.00. The van der Waals surface area contributed by atoms with Crippen molar-refractivity contribution in [2.75, 3.05) is 0 Å². The van der Waals surface area contributed by atoms with Crippen LogP contribution < -0.4 is 0 Å². The summed E-state index contributed by atoms with van der Waals surface area (Å²) < 4.78 is 12.8. The molecule has 4 aromatic heterocycles. The lowest BCUT2D eigenvalue weighted by molar-refractivity contribution is -0.142. The number of rotatable bonds is 3. The van der Waals surface area contributed by atoms with Crippen molar-refractivity contribution in [3.05, 3.63) is 58.3 Å². The van der Waals surface area contributed by atoms with Gasteiger partial charge in [-0.3, -0.25) is 4.79 Å². The molecule has 0 aliphatic heterocycles. The molecule has 0 bridgehead atoms. The first-order valence-corrected chi connectivity index (χ1v) is 13.8. The lowest BCUT2D eigenvalue weighted by Crippen LogP contribution is -1.96. The Kier molecular flexibility index (Phi) is 4.35. The van der Waals surface area contributed by atoms with Gasteiger partial charge in [0.25, 0.3) is 0 Å². The molecule has 0 radical (unpaired) electrons. The zero-order valence-corrected chi connectivity index (χ0v) is 20.7. The number of aliphatic hydroxyl groups is 1. The van der Waals surface area contributed by atoms with Gasteiger partial charge in [-0.2, -0.15) is 0 Å². The van der Waals surface area contributed by atoms with Crippen molar-refractivity contribution in [1.82, 2.24) is 0 Å². The molecule has 0 saturated heterocycles. The van der Waals surface area contributed by atoms with E-state index in [-0.39, 0.29) is 12.6 Å². The molecule has 0 unspecified atom stereocenters. The van der Waals surface area contributed by atoms with Crippen molar-refractivity contribution in [2.45, 2.75) is 20.1 Å². The van der Waals surface area contributed by atoms with Crippen LogP contribution in [0, 0.1) is 0 Å². The molecule has 1 N–H and O–H groups in total. The second-order valence-corrected chi connectivity index (χ2v) is 12.6. The largest absolute Gasteiger partial charge is 0.460 e. The fraction of sp³-hybridized carbons (Fsp3) is 0.115. The van der Waals surface area contributed by atoms with Crippen LogP contribution in [0.3, 0.4) is 0 Å². The van der Waals surface area contributed by atoms with Crippen molar-refractivity contribution in [3.8, 4) is 0 Å². The molecule has 7 rings (SSSR count). The normalized spacial score (nSPS) is 12.3. The summed E-state index contributed by atoms with van der Waals surface area (Å²) in [4.78, 5) is 13.4. The third-order valence-electron chi connectivity index (χ3n) is 6.07. The molecule has 4 heterocycles. The molecule has 162 valence electrons. The lowest BCUT2D eigenvalue weighted by atomic mass is 10.0. The minimum Gasteiger partial charge on any atom is -0.460 e. The molecular formula is C26H16O3S4. The molecule has 0 fully saturated rings. The molecule has 0 amide bonds. The first-order valence-electron chi connectivity index (χ1n) is 10.5. The van der Waals surface area contributed by atoms with Crippen LogP contribution in [-0.4, -0.2) is 11.1 Å². The van der Waals surface area contributed by atoms with Gasteiger partial charge in [0.2, 0.25) is 0 Å². The molecule has 0 atom stereocenters. The van der Waals surface area contributed by atoms with Crippen LogP contribution in [0.25, 0.3) is 60.5 Å². The van der Waals surface area contributed by atoms with Crippen LogP contribution >= 0.6 is 45.3 Å². The highest BCUT2D eigenvalue weighted by atomic mass is 32.1. The van der Waals surface area contributed by atoms with Crippen molar-refractivity contribution >= 4 is 112 Å². The van der Waals surface area contributed by atoms with Crippen molar-refractivity contribution < 1.29 is 14.6 Å². The van der Waals surface area contributed by atoms with E-state index in [1.54, 1.807) is 22.7 Å². The number of hydrogen-bond donors (Lipinski definition) is 1. The summed E-state index contributed by atoms with van der Waals surface area (Å²) in [7, 11) is 0. The van der Waals surface area contributed by atoms with Gasteiger partial charge >= 0.3 is 5.97 Å². The molecule has 3 nitrogen and oxygen atoms in total. The predicted molar refractivity (Wildman–Crippen MR) is 144 cm³/mol. The smallest absolute Gasteiger partial charge is 0.302 e. The van der Waals surface area contributed by atoms with Gasteiger partial charge in [0.1, 0.15) is 6.61 Å². The highest BCUT2D eigenvalue weighted by Crippen LogP contribution is 2.49. The van der Waals surface area contributed by atoms with Crippen LogP contribution in [0.15, 0.2) is 48.5 Å². The number of fused-ring (bicyclic) bond motifs is 11. The highest BCUT2D eigenvalue weighted by molar-refractivity contribution is 7.28. The Morgan fingerprint density at radius 2 is 1.15 bits per heavy atom. The van der Waals surface area contributed by atoms with Gasteiger partial charge in [-0.25, -0.2) is 0 Å². The molecule has 0 spiro atoms. The average molecular weight is 505 g/mol. The van der Waals surface area contributed by atoms with Crippen LogP contribution in [0.1, 0.15) is 16.7 Å². The quantitative estimate of drug-likeness (QED) is 0.246. The fourth-order valence-electron chi connectivity index (χ4n) is 4.76. The molecule has 7 heteroatoms. The maximum atomic E-state index is 11.3. The number of aliphatic hydroxyl groups excluding tert-OH is 1. The Morgan fingerprint density at radius 3 is 1.67 bits per heavy atom. The number of carbonyl (C=O) groups is 1. The summed E-state index contributed by atoms with van der Waals surface area (Å²) in [6.07, 6.45) is 0. The molecule has 0 saturated carbocycles. The zero-order valence-electron chi connectivity index (χ0n) is 17.4. The first-order chi connectivity index (χ1) is 16.1. The van der Waals surface area contributed by atoms with Crippen molar-refractivity contribution in [3.63, 3.8) is 0 Å². The minimum absolute atomic E-state index is 0.0698. The number of ether oxygens (including phenoxy) is 1. The summed E-state index contributed by atoms with van der Waals surface area (Å²) >= 11 is 7.02. The molecule has 33 heavy (non-hydrogen) atoms. The molecule has 0 aliphatic rings. The van der Waals surface area contributed by atoms with Gasteiger partial charge in [0.15, 0.2) is 0 Å². The summed E-state index contributed by atoms with van der Waals surface area (Å²) in [5.74, 6) is -0.257. The highest BCUT2D eigenvalue weighted by Gasteiger charge is 2.19. The Morgan fingerprint density at radius 1 is 0.697 bits per heavy atom. The Balaban J connectivity index is 1.64. The maximum absolute atomic E-state index is 11.3. The standard InChI is InChI=1S/C26H16O3S4/c1-12(28)29-11-14-9-16-18(31-14)3-5-20-24(16)26-22(33-20)7-6-21-25(26)23-15-8-13(10-27)30-17(15)2-4-19(23)32-21/h2-9,27H,10-11H2,1H3. The predicted octanol–water partition coefficient (Wildman–Crippen LogP) is 8.41. The molecule has 3 aromatic carbocycles. The minimum atomic E-state index is -0.257. The summed E-state index contributed by atoms with van der Waals surface area (Å²) in [5, 5.41) is 17.4. The van der Waals surface area contributed by atoms with Gasteiger partial charge in [0, 0.05) is 77.2 Å². The second kappa shape index (κ2) is 7.22. The number of carbonyl (C=O) groups excluding carboxylic acids is 1. The Labute approximate surface area is 204 Å². The first kappa shape index (κ1) is 19.9. The van der Waals surface area contributed by atoms with Gasteiger partial charge in [-0.15, -0.1) is 45.3 Å². The van der Waals surface area contributed by atoms with Crippen LogP contribution in [0.4, 0.5) is 0 Å². The molecule has 0 aliphatic carbocycles. The monoisotopic (exact) mass is 504 g/mol. The van der Waals surface area contributed by atoms with E-state index in [1.807, 2.05) is 22.7 Å². The van der Waals surface area contributed by atoms with Gasteiger partial charge in [-0.05, 0) is 48.5 Å². The van der Waals surface area contributed by atoms with E-state index in [0.717, 1.165) is 9.75 Å². The van der Waals surface area contributed by atoms with E-state index < -0.39 is 0 Å². The molecular weight excluding hydrogens is 489 g/mol. The van der Waals surface area contributed by atoms with E-state index in [4.69, 9.17) is 4.74 Å². The number of hydrogen-bond acceptors (Lipinski definition) is 7. The number of esters is 1. The topological polar surface area (TPSA) is 46.5 Å². The number of thiophene rings is 4. The Hall–Kier alpha value is -2.55. The Bertz CT molecular complexity index is 1900. The van der Waals surface area contributed by atoms with Gasteiger partial charge in [-0.1, -0.05) is 0 Å². The zero-order chi connectivity index (χ0) is 22.3. The van der Waals surface area contributed by atoms with Crippen LogP contribution in [0.2, 0.25) is 0 Å². The van der Waals surface area contributed by atoms with Gasteiger partial charge < -0.3 is 9.84 Å². The van der Waals surface area contributed by atoms with Crippen LogP contribution in [0.5, 0.6) is 0 Å². The molecule has 7 aromatic rings. The average Bonchev–Trinajstić information content (AvgIpc) is 3.56. The van der Waals surface area contributed by atoms with Crippen LogP contribution in [-0.2, 0) is 22.7 Å². The van der Waals surface area contributed by atoms with Gasteiger partial charge in [0.05, 0.1) is 6.61 Å².